The Kier molecular flexibility index (Phi) is 15.3. The Balaban J connectivity index is -0.000000465. The zero-order chi connectivity index (χ0) is 16.4. The van der Waals surface area contributed by atoms with Crippen LogP contribution in [0.25, 0.3) is 0 Å². The van der Waals surface area contributed by atoms with Crippen molar-refractivity contribution >= 4 is 47.6 Å². The summed E-state index contributed by atoms with van der Waals surface area (Å²) in [6.45, 7) is 0. The van der Waals surface area contributed by atoms with Crippen LogP contribution in [-0.2, 0) is 25.9 Å². The quantitative estimate of drug-likeness (QED) is 0.190. The van der Waals surface area contributed by atoms with E-state index in [1.54, 1.807) is 0 Å². The van der Waals surface area contributed by atoms with Crippen molar-refractivity contribution in [3.8, 4) is 10.8 Å². The number of thiocyanates is 2. The molecule has 0 aliphatic heterocycles. The predicted molar refractivity (Wildman–Crippen MR) is 60.2 cm³/mol. The van der Waals surface area contributed by atoms with E-state index in [1.807, 2.05) is 0 Å². The van der Waals surface area contributed by atoms with Crippen LogP contribution in [0.1, 0.15) is 0 Å². The molecule has 0 radical (unpaired) electrons. The molecule has 0 aliphatic rings. The summed E-state index contributed by atoms with van der Waals surface area (Å²) in [5.41, 5.74) is 0. The monoisotopic (exact) mass is 398 g/mol. The van der Waals surface area contributed by atoms with Gasteiger partial charge in [0.05, 0.1) is 0 Å². The Morgan fingerprint density at radius 1 is 1.05 bits per heavy atom. The van der Waals surface area contributed by atoms with Crippen LogP contribution < -0.4 is 23.8 Å². The molecule has 0 aromatic rings. The molecule has 116 valence electrons. The third-order valence-corrected chi connectivity index (χ3v) is 4.39. The Labute approximate surface area is 137 Å². The van der Waals surface area contributed by atoms with E-state index in [0.29, 0.717) is 0 Å². The minimum atomic E-state index is -5.39. The van der Waals surface area contributed by atoms with E-state index in [1.165, 1.54) is 10.8 Å². The van der Waals surface area contributed by atoms with Crippen LogP contribution in [0.2, 0.25) is 0 Å². The van der Waals surface area contributed by atoms with Gasteiger partial charge in [-0.25, -0.2) is 9.13 Å². The maximum Gasteiger partial charge on any atom is 1.00 e. The van der Waals surface area contributed by atoms with Crippen molar-refractivity contribution in [2.75, 3.05) is 0 Å². The fraction of sp³-hybridized carbons (Fsp3) is 0. The van der Waals surface area contributed by atoms with Crippen molar-refractivity contribution in [2.24, 2.45) is 0 Å². The second-order valence-electron chi connectivity index (χ2n) is 1.97. The van der Waals surface area contributed by atoms with Crippen LogP contribution in [-0.4, -0.2) is 14.7 Å². The average Bonchev–Trinajstić information content (AvgIpc) is 2.19. The van der Waals surface area contributed by atoms with Crippen LogP contribution in [0.4, 0.5) is 4.20 Å². The molecule has 19 heteroatoms. The first kappa shape index (κ1) is 26.5. The molecule has 0 aromatic carbocycles. The van der Waals surface area contributed by atoms with Gasteiger partial charge < -0.3 is 19.6 Å². The van der Waals surface area contributed by atoms with E-state index < -0.39 is 23.6 Å². The molecule has 0 rings (SSSR count). The molecule has 1 atom stereocenters. The maximum atomic E-state index is 11.2. The molecular weight excluding hydrogens is 395 g/mol. The number of nitriles is 2. The maximum absolute atomic E-state index is 11.2. The van der Waals surface area contributed by atoms with Gasteiger partial charge in [0.1, 0.15) is 24.1 Å². The first-order valence-corrected chi connectivity index (χ1v) is 9.36. The van der Waals surface area contributed by atoms with E-state index in [0.717, 1.165) is 0 Å². The SMILES string of the molecule is N#CSOP(=O)(OSC#N)OP(=O)(O)O.O=P([O-])(O)F.[Li+]. The fourth-order valence-electron chi connectivity index (χ4n) is 0.295. The summed E-state index contributed by atoms with van der Waals surface area (Å²) in [6.07, 6.45) is 0. The Bertz CT molecular complexity index is 491. The van der Waals surface area contributed by atoms with Gasteiger partial charge in [0.25, 0.3) is 0 Å². The second kappa shape index (κ2) is 12.1. The van der Waals surface area contributed by atoms with Crippen molar-refractivity contribution in [1.82, 2.24) is 0 Å². The van der Waals surface area contributed by atoms with Crippen molar-refractivity contribution in [3.63, 3.8) is 0 Å². The summed E-state index contributed by atoms with van der Waals surface area (Å²) in [4.78, 5) is 32.1. The van der Waals surface area contributed by atoms with Gasteiger partial charge >= 0.3 is 42.4 Å². The van der Waals surface area contributed by atoms with Crippen molar-refractivity contribution < 1.29 is 68.6 Å². The number of hydrogen-bond acceptors (Lipinski definition) is 11. The van der Waals surface area contributed by atoms with Crippen LogP contribution in [0.5, 0.6) is 0 Å². The molecule has 3 N–H and O–H groups in total. The summed E-state index contributed by atoms with van der Waals surface area (Å²) < 4.78 is 52.1. The van der Waals surface area contributed by atoms with Crippen molar-refractivity contribution in [2.45, 2.75) is 0 Å². The van der Waals surface area contributed by atoms with Crippen LogP contribution in [0, 0.1) is 21.3 Å². The predicted octanol–water partition coefficient (Wildman–Crippen LogP) is -2.08. The van der Waals surface area contributed by atoms with Crippen molar-refractivity contribution in [1.29, 1.82) is 10.5 Å². The third kappa shape index (κ3) is 25.9. The smallest absolute Gasteiger partial charge is 0.753 e. The van der Waals surface area contributed by atoms with E-state index in [4.69, 9.17) is 34.7 Å². The van der Waals surface area contributed by atoms with E-state index in [-0.39, 0.29) is 42.9 Å². The number of rotatable bonds is 6. The van der Waals surface area contributed by atoms with Gasteiger partial charge in [-0.3, -0.25) is 4.57 Å². The Morgan fingerprint density at radius 3 is 1.52 bits per heavy atom. The summed E-state index contributed by atoms with van der Waals surface area (Å²) in [5.74, 6) is 0. The van der Waals surface area contributed by atoms with E-state index in [2.05, 4.69) is 12.3 Å². The second-order valence-corrected chi connectivity index (χ2v) is 7.29. The summed E-state index contributed by atoms with van der Waals surface area (Å²) in [5, 5.41) is 18.7. The molecule has 0 bridgehead atoms. The van der Waals surface area contributed by atoms with Crippen LogP contribution >= 0.6 is 47.6 Å². The van der Waals surface area contributed by atoms with Gasteiger partial charge in [-0.05, 0) is 0 Å². The van der Waals surface area contributed by atoms with Crippen molar-refractivity contribution in [3.05, 3.63) is 0 Å². The molecule has 0 amide bonds. The summed E-state index contributed by atoms with van der Waals surface area (Å²) in [7, 11) is -15.2. The molecule has 0 aromatic heterocycles. The fourth-order valence-corrected chi connectivity index (χ4v) is 3.36. The molecule has 0 spiro atoms. The van der Waals surface area contributed by atoms with Gasteiger partial charge in [-0.15, -0.1) is 0 Å². The molecule has 0 fully saturated rings. The van der Waals surface area contributed by atoms with E-state index >= 15 is 0 Å². The minimum absolute atomic E-state index is 0. The summed E-state index contributed by atoms with van der Waals surface area (Å²) in [6, 6.07) is 0. The molecule has 0 saturated carbocycles. The molecular formula is C2H3FLiN2O10P3S2. The number of nitrogens with zero attached hydrogens (tertiary/aromatic N) is 2. The van der Waals surface area contributed by atoms with Gasteiger partial charge in [-0.2, -0.15) is 27.0 Å². The average molecular weight is 398 g/mol. The largest absolute Gasteiger partial charge is 1.00 e. The number of phosphoric acid groups is 2. The van der Waals surface area contributed by atoms with Gasteiger partial charge in [0.2, 0.25) is 0 Å². The number of hydrogen-bond donors (Lipinski definition) is 3. The zero-order valence-electron chi connectivity index (χ0n) is 9.63. The molecule has 0 heterocycles. The molecule has 0 aliphatic carbocycles. The third-order valence-electron chi connectivity index (χ3n) is 0.538. The Morgan fingerprint density at radius 2 is 1.33 bits per heavy atom. The zero-order valence-corrected chi connectivity index (χ0v) is 13.9. The van der Waals surface area contributed by atoms with Gasteiger partial charge in [0, 0.05) is 0 Å². The topological polar surface area (TPSA) is 210 Å². The summed E-state index contributed by atoms with van der Waals surface area (Å²) >= 11 is -0.135. The molecule has 0 saturated heterocycles. The molecule has 21 heavy (non-hydrogen) atoms. The first-order valence-electron chi connectivity index (χ1n) is 3.42. The van der Waals surface area contributed by atoms with Crippen LogP contribution in [0.3, 0.4) is 0 Å². The van der Waals surface area contributed by atoms with Gasteiger partial charge in [0.15, 0.2) is 10.8 Å². The normalized spacial score (nSPS) is 13.5. The molecule has 12 nitrogen and oxygen atoms in total. The first-order chi connectivity index (χ1) is 8.83. The molecule has 1 unspecified atom stereocenters. The van der Waals surface area contributed by atoms with E-state index in [9.17, 15) is 13.3 Å². The Hall–Kier alpha value is 0.617. The minimum Gasteiger partial charge on any atom is -0.753 e. The van der Waals surface area contributed by atoms with Crippen LogP contribution in [0.15, 0.2) is 0 Å². The standard InChI is InChI=1S/C2H2N2O7P2S2.FH2O3P.Li/c3-1-14-10-13(8,11-15-2-4)9-12(5,6)7;1-5(2,3)4;/h(H2,5,6,7);(H2,2,3,4);/q;;+1/p-1. The number of halogens is 1. The van der Waals surface area contributed by atoms with Gasteiger partial charge in [-0.1, -0.05) is 0 Å².